The topological polar surface area (TPSA) is 59.0 Å². The second-order valence-corrected chi connectivity index (χ2v) is 6.59. The fourth-order valence-electron chi connectivity index (χ4n) is 3.23. The Morgan fingerprint density at radius 3 is 2.72 bits per heavy atom. The van der Waals surface area contributed by atoms with Gasteiger partial charge in [-0.25, -0.2) is 4.68 Å². The van der Waals surface area contributed by atoms with Gasteiger partial charge in [0.25, 0.3) is 0 Å². The predicted octanol–water partition coefficient (Wildman–Crippen LogP) is 3.38. The number of hydrogen-bond acceptors (Lipinski definition) is 3. The molecule has 0 aliphatic carbocycles. The summed E-state index contributed by atoms with van der Waals surface area (Å²) in [5, 5.41) is 10.9. The monoisotopic (exact) mass is 362 g/mol. The number of nitrogens with one attached hydrogen (secondary N) is 2. The zero-order valence-corrected chi connectivity index (χ0v) is 15.5. The Morgan fingerprint density at radius 1 is 1.28 bits per heavy atom. The molecule has 6 heteroatoms. The fraction of sp³-hybridized carbons (Fsp3) is 0.474. The summed E-state index contributed by atoms with van der Waals surface area (Å²) in [4.78, 5) is 12.3. The van der Waals surface area contributed by atoms with Crippen molar-refractivity contribution in [2.45, 2.75) is 39.2 Å². The van der Waals surface area contributed by atoms with E-state index in [0.29, 0.717) is 18.9 Å². The fourth-order valence-corrected chi connectivity index (χ4v) is 3.23. The van der Waals surface area contributed by atoms with E-state index in [4.69, 9.17) is 0 Å². The SMILES string of the molecule is Cc1cc(NC(=O)CCC2CCNCC2)n(Cc2ccccc2)n1.Cl. The molecule has 2 N–H and O–H groups in total. The lowest BCUT2D eigenvalue weighted by Crippen LogP contribution is -2.28. The van der Waals surface area contributed by atoms with E-state index >= 15 is 0 Å². The molecule has 1 saturated heterocycles. The first-order valence-electron chi connectivity index (χ1n) is 8.79. The lowest BCUT2D eigenvalue weighted by molar-refractivity contribution is -0.116. The first-order chi connectivity index (χ1) is 11.7. The number of benzene rings is 1. The predicted molar refractivity (Wildman–Crippen MR) is 103 cm³/mol. The third-order valence-electron chi connectivity index (χ3n) is 4.58. The molecule has 25 heavy (non-hydrogen) atoms. The minimum Gasteiger partial charge on any atom is -0.317 e. The van der Waals surface area contributed by atoms with E-state index in [9.17, 15) is 4.79 Å². The summed E-state index contributed by atoms with van der Waals surface area (Å²) < 4.78 is 1.87. The van der Waals surface area contributed by atoms with Crippen LogP contribution in [0.15, 0.2) is 36.4 Å². The van der Waals surface area contributed by atoms with Crippen LogP contribution < -0.4 is 10.6 Å². The van der Waals surface area contributed by atoms with E-state index in [1.807, 2.05) is 35.9 Å². The number of aryl methyl sites for hydroxylation is 1. The van der Waals surface area contributed by atoms with Crippen molar-refractivity contribution >= 4 is 24.1 Å². The van der Waals surface area contributed by atoms with Gasteiger partial charge in [0, 0.05) is 12.5 Å². The van der Waals surface area contributed by atoms with E-state index < -0.39 is 0 Å². The number of piperidine rings is 1. The molecule has 1 fully saturated rings. The first kappa shape index (κ1) is 19.5. The van der Waals surface area contributed by atoms with Crippen LogP contribution in [0.25, 0.3) is 0 Å². The second-order valence-electron chi connectivity index (χ2n) is 6.59. The number of anilines is 1. The second kappa shape index (κ2) is 9.59. The molecule has 3 rings (SSSR count). The Labute approximate surface area is 155 Å². The molecule has 1 aliphatic rings. The van der Waals surface area contributed by atoms with Crippen molar-refractivity contribution < 1.29 is 4.79 Å². The van der Waals surface area contributed by atoms with Gasteiger partial charge in [0.2, 0.25) is 5.91 Å². The number of halogens is 1. The van der Waals surface area contributed by atoms with Crippen molar-refractivity contribution in [2.24, 2.45) is 5.92 Å². The van der Waals surface area contributed by atoms with Crippen molar-refractivity contribution in [3.63, 3.8) is 0 Å². The minimum absolute atomic E-state index is 0. The summed E-state index contributed by atoms with van der Waals surface area (Å²) >= 11 is 0. The van der Waals surface area contributed by atoms with Crippen LogP contribution in [0, 0.1) is 12.8 Å². The summed E-state index contributed by atoms with van der Waals surface area (Å²) in [6.45, 7) is 4.77. The number of amides is 1. The van der Waals surface area contributed by atoms with Crippen molar-refractivity contribution in [3.05, 3.63) is 47.7 Å². The van der Waals surface area contributed by atoms with Crippen molar-refractivity contribution in [1.82, 2.24) is 15.1 Å². The van der Waals surface area contributed by atoms with Gasteiger partial charge in [-0.2, -0.15) is 5.10 Å². The van der Waals surface area contributed by atoms with Gasteiger partial charge in [0.15, 0.2) is 0 Å². The normalized spacial score (nSPS) is 14.8. The standard InChI is InChI=1S/C19H26N4O.ClH/c1-15-13-18(23(22-15)14-17-5-3-2-4-6-17)21-19(24)8-7-16-9-11-20-12-10-16;/h2-6,13,16,20H,7-12,14H2,1H3,(H,21,24);1H. The average Bonchev–Trinajstić information content (AvgIpc) is 2.94. The molecule has 136 valence electrons. The third kappa shape index (κ3) is 5.87. The van der Waals surface area contributed by atoms with E-state index in [0.717, 1.165) is 31.0 Å². The van der Waals surface area contributed by atoms with Gasteiger partial charge < -0.3 is 10.6 Å². The summed E-state index contributed by atoms with van der Waals surface area (Å²) in [7, 11) is 0. The largest absolute Gasteiger partial charge is 0.317 e. The number of carbonyl (C=O) groups is 1. The maximum absolute atomic E-state index is 12.3. The Morgan fingerprint density at radius 2 is 2.00 bits per heavy atom. The van der Waals surface area contributed by atoms with Crippen LogP contribution in [-0.4, -0.2) is 28.8 Å². The highest BCUT2D eigenvalue weighted by atomic mass is 35.5. The van der Waals surface area contributed by atoms with Crippen LogP contribution in [0.5, 0.6) is 0 Å². The molecule has 1 aromatic carbocycles. The minimum atomic E-state index is 0. The molecule has 0 bridgehead atoms. The molecule has 1 aliphatic heterocycles. The van der Waals surface area contributed by atoms with Crippen molar-refractivity contribution in [3.8, 4) is 0 Å². The van der Waals surface area contributed by atoms with Crippen LogP contribution >= 0.6 is 12.4 Å². The molecule has 5 nitrogen and oxygen atoms in total. The Balaban J connectivity index is 0.00000225. The quantitative estimate of drug-likeness (QED) is 0.828. The molecule has 1 aromatic heterocycles. The number of carbonyl (C=O) groups excluding carboxylic acids is 1. The van der Waals surface area contributed by atoms with Crippen LogP contribution in [0.1, 0.15) is 36.9 Å². The first-order valence-corrected chi connectivity index (χ1v) is 8.79. The molecular formula is C19H27ClN4O. The molecule has 0 atom stereocenters. The molecule has 1 amide bonds. The van der Waals surface area contributed by atoms with E-state index in [1.165, 1.54) is 18.4 Å². The molecule has 0 spiro atoms. The Kier molecular flexibility index (Phi) is 7.47. The number of hydrogen-bond donors (Lipinski definition) is 2. The van der Waals surface area contributed by atoms with Crippen LogP contribution in [0.3, 0.4) is 0 Å². The Hall–Kier alpha value is -1.85. The third-order valence-corrected chi connectivity index (χ3v) is 4.58. The molecule has 0 saturated carbocycles. The van der Waals surface area contributed by atoms with Gasteiger partial charge in [-0.1, -0.05) is 30.3 Å². The van der Waals surface area contributed by atoms with E-state index in [-0.39, 0.29) is 18.3 Å². The van der Waals surface area contributed by atoms with Crippen molar-refractivity contribution in [2.75, 3.05) is 18.4 Å². The zero-order valence-electron chi connectivity index (χ0n) is 14.7. The zero-order chi connectivity index (χ0) is 16.8. The highest BCUT2D eigenvalue weighted by molar-refractivity contribution is 5.89. The molecule has 2 aromatic rings. The van der Waals surface area contributed by atoms with Gasteiger partial charge in [-0.05, 0) is 50.8 Å². The lowest BCUT2D eigenvalue weighted by atomic mass is 9.93. The summed E-state index contributed by atoms with van der Waals surface area (Å²) in [6.07, 6.45) is 3.91. The Bertz CT molecular complexity index is 665. The summed E-state index contributed by atoms with van der Waals surface area (Å²) in [5.74, 6) is 1.54. The molecule has 0 unspecified atom stereocenters. The maximum atomic E-state index is 12.3. The van der Waals surface area contributed by atoms with Crippen molar-refractivity contribution in [1.29, 1.82) is 0 Å². The van der Waals surface area contributed by atoms with Crippen LogP contribution in [0.4, 0.5) is 5.82 Å². The smallest absolute Gasteiger partial charge is 0.225 e. The van der Waals surface area contributed by atoms with E-state index in [1.54, 1.807) is 0 Å². The maximum Gasteiger partial charge on any atom is 0.225 e. The average molecular weight is 363 g/mol. The summed E-state index contributed by atoms with van der Waals surface area (Å²) in [5.41, 5.74) is 2.09. The van der Waals surface area contributed by atoms with E-state index in [2.05, 4.69) is 27.9 Å². The van der Waals surface area contributed by atoms with Gasteiger partial charge in [0.05, 0.1) is 12.2 Å². The molecule has 0 radical (unpaired) electrons. The van der Waals surface area contributed by atoms with Gasteiger partial charge in [-0.15, -0.1) is 12.4 Å². The number of rotatable bonds is 6. The van der Waals surface area contributed by atoms with Gasteiger partial charge in [0.1, 0.15) is 5.82 Å². The van der Waals surface area contributed by atoms with Gasteiger partial charge in [-0.3, -0.25) is 4.79 Å². The summed E-state index contributed by atoms with van der Waals surface area (Å²) in [6, 6.07) is 12.1. The number of aromatic nitrogens is 2. The van der Waals surface area contributed by atoms with Crippen LogP contribution in [0.2, 0.25) is 0 Å². The highest BCUT2D eigenvalue weighted by Gasteiger charge is 2.15. The molecule has 2 heterocycles. The number of nitrogens with zero attached hydrogens (tertiary/aromatic N) is 2. The van der Waals surface area contributed by atoms with Gasteiger partial charge >= 0.3 is 0 Å². The highest BCUT2D eigenvalue weighted by Crippen LogP contribution is 2.19. The molecular weight excluding hydrogens is 336 g/mol. The lowest BCUT2D eigenvalue weighted by Gasteiger charge is -2.22. The van der Waals surface area contributed by atoms with Crippen LogP contribution in [-0.2, 0) is 11.3 Å².